The lowest BCUT2D eigenvalue weighted by Gasteiger charge is -2.60. The van der Waals surface area contributed by atoms with Crippen molar-refractivity contribution in [3.05, 3.63) is 59.2 Å². The lowest BCUT2D eigenvalue weighted by Crippen LogP contribution is -2.64. The molecule has 0 amide bonds. The molecule has 9 atom stereocenters. The van der Waals surface area contributed by atoms with Gasteiger partial charge in [0.05, 0.1) is 11.7 Å². The summed E-state index contributed by atoms with van der Waals surface area (Å²) < 4.78 is 54.7. The monoisotopic (exact) mass is 563 g/mol. The smallest absolute Gasteiger partial charge is 0.393 e. The van der Waals surface area contributed by atoms with Crippen LogP contribution in [0.25, 0.3) is 0 Å². The maximum absolute atomic E-state index is 15.7. The number of hydrogen-bond donors (Lipinski definition) is 2. The van der Waals surface area contributed by atoms with Crippen LogP contribution in [-0.4, -0.2) is 57.9 Å². The van der Waals surface area contributed by atoms with Crippen LogP contribution in [0.1, 0.15) is 44.2 Å². The van der Waals surface area contributed by atoms with Crippen molar-refractivity contribution in [2.75, 3.05) is 13.2 Å². The number of carbonyl (C=O) groups excluding carboxylic acids is 2. The maximum atomic E-state index is 15.7. The van der Waals surface area contributed by atoms with Gasteiger partial charge in [-0.05, 0) is 66.5 Å². The van der Waals surface area contributed by atoms with Crippen LogP contribution >= 0.6 is 0 Å². The molecule has 10 heteroatoms. The molecule has 0 aromatic heterocycles. The van der Waals surface area contributed by atoms with Crippen molar-refractivity contribution in [3.63, 3.8) is 0 Å². The van der Waals surface area contributed by atoms with Gasteiger partial charge in [-0.15, -0.1) is 0 Å². The van der Waals surface area contributed by atoms with E-state index in [-0.39, 0.29) is 48.8 Å². The van der Waals surface area contributed by atoms with Crippen LogP contribution < -0.4 is 0 Å². The average Bonchev–Trinajstić information content (AvgIpc) is 3.36. The van der Waals surface area contributed by atoms with Gasteiger partial charge >= 0.3 is 6.18 Å². The highest BCUT2D eigenvalue weighted by molar-refractivity contribution is 6.01. The summed E-state index contributed by atoms with van der Waals surface area (Å²) in [5.41, 5.74) is -3.00. The van der Waals surface area contributed by atoms with Gasteiger partial charge in [0.2, 0.25) is 0 Å². The van der Waals surface area contributed by atoms with Crippen LogP contribution in [0.5, 0.6) is 0 Å². The van der Waals surface area contributed by atoms with Crippen molar-refractivity contribution in [2.24, 2.45) is 34.5 Å². The molecular formula is C30H33F4NO5. The summed E-state index contributed by atoms with van der Waals surface area (Å²) in [6.07, 6.45) is -1.40. The summed E-state index contributed by atoms with van der Waals surface area (Å²) in [5, 5.41) is 23.3. The van der Waals surface area contributed by atoms with Crippen molar-refractivity contribution in [3.8, 4) is 0 Å². The summed E-state index contributed by atoms with van der Waals surface area (Å²) in [4.78, 5) is 32.0. The fourth-order valence-corrected chi connectivity index (χ4v) is 9.17. The molecule has 216 valence electrons. The first-order valence-electron chi connectivity index (χ1n) is 13.8. The molecule has 6 rings (SSSR count). The number of aliphatic hydroxyl groups is 2. The summed E-state index contributed by atoms with van der Waals surface area (Å²) >= 11 is 0. The Labute approximate surface area is 229 Å². The minimum Gasteiger partial charge on any atom is -0.393 e. The number of Topliss-reactive ketones (excluding diaryl/α,β-unsaturated/α-hetero) is 1. The number of hydroxylamine groups is 2. The molecule has 0 radical (unpaired) electrons. The van der Waals surface area contributed by atoms with Gasteiger partial charge in [0.15, 0.2) is 17.2 Å². The van der Waals surface area contributed by atoms with Crippen molar-refractivity contribution in [2.45, 2.75) is 63.7 Å². The van der Waals surface area contributed by atoms with Gasteiger partial charge < -0.3 is 10.2 Å². The first-order chi connectivity index (χ1) is 18.7. The Hall–Kier alpha value is -2.40. The highest BCUT2D eigenvalue weighted by Gasteiger charge is 2.75. The van der Waals surface area contributed by atoms with E-state index in [0.29, 0.717) is 24.1 Å². The molecule has 5 aliphatic rings. The van der Waals surface area contributed by atoms with Crippen LogP contribution in [-0.2, 0) is 27.1 Å². The topological polar surface area (TPSA) is 87.1 Å². The standard InChI is InChI=1S/C30H33F4NO5/c1-27-8-7-19(37)10-22(27)23(31)11-20-21-9-18-14-35(13-16-3-5-17(6-4-16)30(32,33)34)40-29(18,25(39)15-36)28(21,2)12-24(38)26(20)27/h3-8,10,18,20-21,23-24,26,36,38H,9,11-15H2,1-2H3/t18-,20-,21?,23-,24-,26?,27-,28-,29-/m0/s1. The first kappa shape index (κ1) is 27.8. The number of nitrogens with zero attached hydrogens (tertiary/aromatic N) is 1. The van der Waals surface area contributed by atoms with Gasteiger partial charge in [0.25, 0.3) is 0 Å². The minimum absolute atomic E-state index is 0.121. The molecule has 1 aromatic rings. The van der Waals surface area contributed by atoms with E-state index >= 15 is 4.39 Å². The zero-order valence-corrected chi connectivity index (χ0v) is 22.3. The zero-order chi connectivity index (χ0) is 28.8. The predicted molar refractivity (Wildman–Crippen MR) is 135 cm³/mol. The van der Waals surface area contributed by atoms with Gasteiger partial charge in [-0.3, -0.25) is 14.4 Å². The van der Waals surface area contributed by atoms with Crippen LogP contribution in [0.15, 0.2) is 48.1 Å². The number of halogens is 4. The Kier molecular flexibility index (Phi) is 6.28. The Balaban J connectivity index is 1.32. The quantitative estimate of drug-likeness (QED) is 0.534. The molecule has 1 heterocycles. The molecule has 3 saturated carbocycles. The van der Waals surface area contributed by atoms with E-state index < -0.39 is 52.8 Å². The summed E-state index contributed by atoms with van der Waals surface area (Å²) in [7, 11) is 0. The van der Waals surface area contributed by atoms with E-state index in [9.17, 15) is 33.0 Å². The molecule has 0 spiro atoms. The third-order valence-electron chi connectivity index (χ3n) is 10.7. The number of fused-ring (bicyclic) bond motifs is 7. The number of rotatable bonds is 4. The molecule has 6 nitrogen and oxygen atoms in total. The van der Waals surface area contributed by atoms with Crippen molar-refractivity contribution in [1.29, 1.82) is 0 Å². The summed E-state index contributed by atoms with van der Waals surface area (Å²) in [5.74, 6) is -1.95. The van der Waals surface area contributed by atoms with Crippen molar-refractivity contribution in [1.82, 2.24) is 5.06 Å². The SMILES string of the molecule is C[C@]12C=CC(=O)C=C1[C@@H](F)C[C@@H]1C2[C@@H](O)C[C@@]2(C)C1C[C@H]1CN(Cc3ccc(C(F)(F)F)cc3)O[C@]12C(=O)CO. The Morgan fingerprint density at radius 1 is 1.18 bits per heavy atom. The zero-order valence-electron chi connectivity index (χ0n) is 22.3. The fourth-order valence-electron chi connectivity index (χ4n) is 9.17. The van der Waals surface area contributed by atoms with Crippen molar-refractivity contribution >= 4 is 11.6 Å². The highest BCUT2D eigenvalue weighted by atomic mass is 19.4. The van der Waals surface area contributed by atoms with E-state index in [1.54, 1.807) is 11.1 Å². The predicted octanol–water partition coefficient (Wildman–Crippen LogP) is 4.21. The maximum Gasteiger partial charge on any atom is 0.416 e. The lowest BCUT2D eigenvalue weighted by atomic mass is 9.46. The third kappa shape index (κ3) is 3.75. The fraction of sp³-hybridized carbons (Fsp3) is 0.600. The molecule has 2 unspecified atom stereocenters. The molecule has 1 saturated heterocycles. The number of benzene rings is 1. The summed E-state index contributed by atoms with van der Waals surface area (Å²) in [6, 6.07) is 4.75. The van der Waals surface area contributed by atoms with Crippen molar-refractivity contribution < 1.29 is 42.2 Å². The van der Waals surface area contributed by atoms with Crippen LogP contribution in [0, 0.1) is 34.5 Å². The molecule has 1 aromatic carbocycles. The number of allylic oxidation sites excluding steroid dienone is 4. The van der Waals surface area contributed by atoms with Gasteiger partial charge in [-0.1, -0.05) is 32.1 Å². The normalized spacial score (nSPS) is 42.6. The van der Waals surface area contributed by atoms with E-state index in [1.165, 1.54) is 24.3 Å². The second-order valence-electron chi connectivity index (χ2n) is 12.7. The lowest BCUT2D eigenvalue weighted by molar-refractivity contribution is -0.255. The van der Waals surface area contributed by atoms with E-state index in [1.807, 2.05) is 13.8 Å². The number of aliphatic hydroxyl groups excluding tert-OH is 2. The average molecular weight is 564 g/mol. The van der Waals surface area contributed by atoms with Crippen LogP contribution in [0.3, 0.4) is 0 Å². The second-order valence-corrected chi connectivity index (χ2v) is 12.7. The molecule has 4 fully saturated rings. The van der Waals surface area contributed by atoms with E-state index in [2.05, 4.69) is 0 Å². The molecule has 2 N–H and O–H groups in total. The highest BCUT2D eigenvalue weighted by Crippen LogP contribution is 2.70. The Morgan fingerprint density at radius 3 is 2.52 bits per heavy atom. The van der Waals surface area contributed by atoms with Gasteiger partial charge in [0, 0.05) is 35.8 Å². The third-order valence-corrected chi connectivity index (χ3v) is 10.7. The molecule has 0 bridgehead atoms. The number of alkyl halides is 4. The largest absolute Gasteiger partial charge is 0.416 e. The van der Waals surface area contributed by atoms with Gasteiger partial charge in [0.1, 0.15) is 12.8 Å². The Bertz CT molecular complexity index is 1290. The minimum atomic E-state index is -4.45. The van der Waals surface area contributed by atoms with Crippen LogP contribution in [0.2, 0.25) is 0 Å². The summed E-state index contributed by atoms with van der Waals surface area (Å²) in [6.45, 7) is 3.43. The van der Waals surface area contributed by atoms with E-state index in [0.717, 1.165) is 12.1 Å². The van der Waals surface area contributed by atoms with Crippen LogP contribution in [0.4, 0.5) is 17.6 Å². The van der Waals surface area contributed by atoms with E-state index in [4.69, 9.17) is 4.84 Å². The Morgan fingerprint density at radius 2 is 1.88 bits per heavy atom. The number of ketones is 2. The first-order valence-corrected chi connectivity index (χ1v) is 13.8. The number of hydrogen-bond acceptors (Lipinski definition) is 6. The van der Waals surface area contributed by atoms with Gasteiger partial charge in [-0.25, -0.2) is 4.39 Å². The number of carbonyl (C=O) groups is 2. The molecule has 1 aliphatic heterocycles. The molecular weight excluding hydrogens is 530 g/mol. The second kappa shape index (κ2) is 9.05. The molecule has 40 heavy (non-hydrogen) atoms. The van der Waals surface area contributed by atoms with Gasteiger partial charge in [-0.2, -0.15) is 18.2 Å². The molecule has 4 aliphatic carbocycles.